The van der Waals surface area contributed by atoms with Crippen LogP contribution >= 0.6 is 30.4 Å². The number of fused-ring (bicyclic) bond motifs is 3. The van der Waals surface area contributed by atoms with Gasteiger partial charge in [-0.3, -0.25) is 0 Å². The molecule has 1 heterocycles. The Balaban J connectivity index is 1.44. The number of rotatable bonds is 11. The third-order valence-corrected chi connectivity index (χ3v) is 5.13. The summed E-state index contributed by atoms with van der Waals surface area (Å²) in [4.78, 5) is 0. The van der Waals surface area contributed by atoms with Crippen molar-refractivity contribution in [1.82, 2.24) is 4.57 Å². The van der Waals surface area contributed by atoms with E-state index < -0.39 is 0 Å². The van der Waals surface area contributed by atoms with E-state index >= 15 is 0 Å². The van der Waals surface area contributed by atoms with Gasteiger partial charge in [-0.1, -0.05) is 18.2 Å². The summed E-state index contributed by atoms with van der Waals surface area (Å²) in [5, 5.41) is 2.51. The highest BCUT2D eigenvalue weighted by atomic mass is 127. The zero-order valence-corrected chi connectivity index (χ0v) is 17.6. The van der Waals surface area contributed by atoms with E-state index in [9.17, 15) is 0 Å². The molecule has 0 atom stereocenters. The summed E-state index contributed by atoms with van der Waals surface area (Å²) >= 11 is 2.08. The Morgan fingerprint density at radius 3 is 2.35 bits per heavy atom. The number of aryl methyl sites for hydroxylation is 1. The van der Waals surface area contributed by atoms with Crippen molar-refractivity contribution in [3.63, 3.8) is 0 Å². The molecule has 0 radical (unpaired) electrons. The van der Waals surface area contributed by atoms with Gasteiger partial charge in [0.15, 0.2) is 0 Å². The molecule has 2 aromatic carbocycles. The van der Waals surface area contributed by atoms with Crippen molar-refractivity contribution in [2.24, 2.45) is 7.05 Å². The first kappa shape index (κ1) is 19.8. The number of benzene rings is 2. The standard InChI is InChI=1S/C19H22INO4S/c1-21-18-5-3-2-4-16(18)17-7-6-15(14-19(17)21)24-12-10-22-8-9-23-11-13-25-26-20/h2-7,14H,8-13H2,1H3. The number of hydrogen-bond donors (Lipinski definition) is 0. The molecular formula is C19H22INO4S. The summed E-state index contributed by atoms with van der Waals surface area (Å²) in [5.74, 6) is 0.858. The van der Waals surface area contributed by atoms with Crippen LogP contribution in [0.5, 0.6) is 5.75 Å². The molecule has 0 bridgehead atoms. The van der Waals surface area contributed by atoms with Crippen molar-refractivity contribution in [3.05, 3.63) is 42.5 Å². The van der Waals surface area contributed by atoms with Crippen LogP contribution in [0.2, 0.25) is 0 Å². The van der Waals surface area contributed by atoms with Gasteiger partial charge in [0.25, 0.3) is 0 Å². The molecule has 0 unspecified atom stereocenters. The van der Waals surface area contributed by atoms with E-state index in [4.69, 9.17) is 18.4 Å². The van der Waals surface area contributed by atoms with Crippen LogP contribution in [0.15, 0.2) is 42.5 Å². The van der Waals surface area contributed by atoms with Gasteiger partial charge in [-0.15, -0.1) is 0 Å². The van der Waals surface area contributed by atoms with E-state index in [2.05, 4.69) is 69.2 Å². The number of para-hydroxylation sites is 1. The van der Waals surface area contributed by atoms with Crippen molar-refractivity contribution in [1.29, 1.82) is 0 Å². The Hall–Kier alpha value is -1.00. The average molecular weight is 487 g/mol. The maximum atomic E-state index is 5.82. The fourth-order valence-electron chi connectivity index (χ4n) is 2.90. The molecule has 0 spiro atoms. The highest BCUT2D eigenvalue weighted by Gasteiger charge is 2.08. The third-order valence-electron chi connectivity index (χ3n) is 4.11. The van der Waals surface area contributed by atoms with Crippen molar-refractivity contribution < 1.29 is 18.4 Å². The van der Waals surface area contributed by atoms with E-state index in [1.165, 1.54) is 31.0 Å². The Bertz CT molecular complexity index is 839. The zero-order valence-electron chi connectivity index (χ0n) is 14.7. The monoisotopic (exact) mass is 487 g/mol. The molecule has 0 amide bonds. The lowest BCUT2D eigenvalue weighted by Crippen LogP contribution is -2.12. The number of hydrogen-bond acceptors (Lipinski definition) is 5. The summed E-state index contributed by atoms with van der Waals surface area (Å²) in [6.45, 7) is 3.36. The van der Waals surface area contributed by atoms with Crippen LogP contribution in [0.25, 0.3) is 21.8 Å². The van der Waals surface area contributed by atoms with Gasteiger partial charge in [-0.25, -0.2) is 0 Å². The molecule has 0 N–H and O–H groups in total. The smallest absolute Gasteiger partial charge is 0.121 e. The second-order valence-corrected chi connectivity index (χ2v) is 7.15. The highest BCUT2D eigenvalue weighted by molar-refractivity contribution is 14.2. The fourth-order valence-corrected chi connectivity index (χ4v) is 3.57. The Kier molecular flexibility index (Phi) is 7.87. The van der Waals surface area contributed by atoms with Crippen LogP contribution in [-0.2, 0) is 20.7 Å². The number of halogens is 1. The lowest BCUT2D eigenvalue weighted by molar-refractivity contribution is 0.0293. The molecule has 3 rings (SSSR count). The van der Waals surface area contributed by atoms with Crippen LogP contribution in [0.3, 0.4) is 0 Å². The second kappa shape index (κ2) is 10.4. The SMILES string of the molecule is Cn1c2ccccc2c2ccc(OCCOCCOCCOSI)cc21. The van der Waals surface area contributed by atoms with Crippen LogP contribution < -0.4 is 4.74 Å². The Morgan fingerprint density at radius 1 is 0.846 bits per heavy atom. The van der Waals surface area contributed by atoms with Crippen LogP contribution in [0, 0.1) is 0 Å². The molecule has 0 saturated carbocycles. The van der Waals surface area contributed by atoms with Crippen LogP contribution in [-0.4, -0.2) is 44.2 Å². The molecule has 5 nitrogen and oxygen atoms in total. The first-order valence-corrected chi connectivity index (χ1v) is 11.8. The van der Waals surface area contributed by atoms with Gasteiger partial charge in [-0.2, -0.15) is 0 Å². The molecule has 1 aromatic heterocycles. The van der Waals surface area contributed by atoms with E-state index in [0.717, 1.165) is 5.75 Å². The quantitative estimate of drug-likeness (QED) is 0.222. The second-order valence-electron chi connectivity index (χ2n) is 5.71. The van der Waals surface area contributed by atoms with Crippen molar-refractivity contribution in [3.8, 4) is 5.75 Å². The lowest BCUT2D eigenvalue weighted by atomic mass is 10.1. The zero-order chi connectivity index (χ0) is 18.2. The minimum atomic E-state index is 0.518. The Labute approximate surface area is 169 Å². The number of nitrogens with zero attached hydrogens (tertiary/aromatic N) is 1. The number of aromatic nitrogens is 1. The van der Waals surface area contributed by atoms with Gasteiger partial charge in [0, 0.05) is 50.6 Å². The maximum absolute atomic E-state index is 5.82. The average Bonchev–Trinajstić information content (AvgIpc) is 2.96. The van der Waals surface area contributed by atoms with Crippen molar-refractivity contribution in [2.45, 2.75) is 0 Å². The van der Waals surface area contributed by atoms with Gasteiger partial charge in [0.2, 0.25) is 0 Å². The summed E-state index contributed by atoms with van der Waals surface area (Å²) in [7, 11) is 3.40. The normalized spacial score (nSPS) is 11.5. The molecular weight excluding hydrogens is 465 g/mol. The predicted octanol–water partition coefficient (Wildman–Crippen LogP) is 4.76. The van der Waals surface area contributed by atoms with E-state index in [1.807, 2.05) is 6.07 Å². The van der Waals surface area contributed by atoms with E-state index in [-0.39, 0.29) is 0 Å². The topological polar surface area (TPSA) is 41.9 Å². The van der Waals surface area contributed by atoms with Gasteiger partial charge < -0.3 is 23.0 Å². The highest BCUT2D eigenvalue weighted by Crippen LogP contribution is 2.30. The fraction of sp³-hybridized carbons (Fsp3) is 0.368. The van der Waals surface area contributed by atoms with Crippen molar-refractivity contribution in [2.75, 3.05) is 39.6 Å². The lowest BCUT2D eigenvalue weighted by Gasteiger charge is -2.08. The minimum Gasteiger partial charge on any atom is -0.491 e. The van der Waals surface area contributed by atoms with Crippen molar-refractivity contribution >= 4 is 52.2 Å². The van der Waals surface area contributed by atoms with Crippen LogP contribution in [0.4, 0.5) is 0 Å². The molecule has 0 fully saturated rings. The van der Waals surface area contributed by atoms with Gasteiger partial charge in [-0.05, 0) is 18.2 Å². The molecule has 140 valence electrons. The molecule has 0 saturated heterocycles. The Morgan fingerprint density at radius 2 is 1.54 bits per heavy atom. The first-order chi connectivity index (χ1) is 12.8. The predicted molar refractivity (Wildman–Crippen MR) is 115 cm³/mol. The first-order valence-electron chi connectivity index (χ1n) is 8.47. The summed E-state index contributed by atoms with van der Waals surface area (Å²) in [5.41, 5.74) is 2.40. The van der Waals surface area contributed by atoms with E-state index in [1.54, 1.807) is 0 Å². The molecule has 0 aliphatic heterocycles. The summed E-state index contributed by atoms with van der Waals surface area (Å²) in [6.07, 6.45) is 0. The number of ether oxygens (including phenoxy) is 3. The molecule has 0 aliphatic carbocycles. The molecule has 7 heteroatoms. The van der Waals surface area contributed by atoms with Gasteiger partial charge in [0.1, 0.15) is 12.4 Å². The van der Waals surface area contributed by atoms with Gasteiger partial charge in [0.05, 0.1) is 47.8 Å². The van der Waals surface area contributed by atoms with E-state index in [0.29, 0.717) is 39.6 Å². The summed E-state index contributed by atoms with van der Waals surface area (Å²) in [6, 6.07) is 14.7. The molecule has 3 aromatic rings. The molecule has 26 heavy (non-hydrogen) atoms. The van der Waals surface area contributed by atoms with Crippen LogP contribution in [0.1, 0.15) is 0 Å². The molecule has 0 aliphatic rings. The maximum Gasteiger partial charge on any atom is 0.121 e. The summed E-state index contributed by atoms with van der Waals surface area (Å²) < 4.78 is 24.0. The minimum absolute atomic E-state index is 0.518. The largest absolute Gasteiger partial charge is 0.491 e. The van der Waals surface area contributed by atoms with Gasteiger partial charge >= 0.3 is 0 Å². The third kappa shape index (κ3) is 5.04.